The van der Waals surface area contributed by atoms with Gasteiger partial charge in [-0.05, 0) is 0 Å². The van der Waals surface area contributed by atoms with Crippen LogP contribution in [-0.2, 0) is 0 Å². The van der Waals surface area contributed by atoms with E-state index in [2.05, 4.69) is 138 Å². The summed E-state index contributed by atoms with van der Waals surface area (Å²) in [7, 11) is -6.94. The summed E-state index contributed by atoms with van der Waals surface area (Å²) in [6.45, 7) is 30.6. The van der Waals surface area contributed by atoms with E-state index in [4.69, 9.17) is 4.98 Å². The van der Waals surface area contributed by atoms with E-state index in [1.807, 2.05) is 6.20 Å². The van der Waals surface area contributed by atoms with E-state index in [0.717, 1.165) is 0 Å². The van der Waals surface area contributed by atoms with Crippen molar-refractivity contribution in [1.29, 1.82) is 0 Å². The molecule has 0 amide bonds. The van der Waals surface area contributed by atoms with Crippen molar-refractivity contribution in [3.8, 4) is 0 Å². The number of benzene rings is 1. The van der Waals surface area contributed by atoms with Crippen LogP contribution in [0.1, 0.15) is 0 Å². The quantitative estimate of drug-likeness (QED) is 0.364. The van der Waals surface area contributed by atoms with Crippen molar-refractivity contribution in [2.75, 3.05) is 4.27 Å². The van der Waals surface area contributed by atoms with Gasteiger partial charge in [-0.15, -0.1) is 0 Å². The Bertz CT molecular complexity index is 809. The molecule has 0 aliphatic carbocycles. The van der Waals surface area contributed by atoms with Gasteiger partial charge >= 0.3 is 206 Å². The fourth-order valence-electron chi connectivity index (χ4n) is 5.75. The van der Waals surface area contributed by atoms with E-state index in [1.165, 1.54) is 10.2 Å². The molecule has 0 bridgehead atoms. The fourth-order valence-corrected chi connectivity index (χ4v) is 62.4. The molecule has 0 aliphatic heterocycles. The second-order valence-corrected chi connectivity index (χ2v) is 42.8. The Morgan fingerprint density at radius 2 is 1.00 bits per heavy atom. The Morgan fingerprint density at radius 1 is 0.594 bits per heavy atom. The first kappa shape index (κ1) is 27.7. The van der Waals surface area contributed by atoms with Gasteiger partial charge in [0.15, 0.2) is 0 Å². The predicted octanol–water partition coefficient (Wildman–Crippen LogP) is 6.28. The molecule has 0 saturated carbocycles. The number of hydrogen-bond donors (Lipinski definition) is 1. The Morgan fingerprint density at radius 3 is 1.34 bits per heavy atom. The average Bonchev–Trinajstić information content (AvgIpc) is 2.58. The molecular weight excluding hydrogens is 517 g/mol. The van der Waals surface area contributed by atoms with E-state index in [1.54, 1.807) is 0 Å². The molecule has 0 spiro atoms. The average molecular weight is 564 g/mol. The summed E-state index contributed by atoms with van der Waals surface area (Å²) in [6, 6.07) is 17.5. The molecule has 9 heteroatoms. The number of aromatic nitrogens is 1. The van der Waals surface area contributed by atoms with Crippen molar-refractivity contribution < 1.29 is 0 Å². The van der Waals surface area contributed by atoms with Gasteiger partial charge in [0.25, 0.3) is 0 Å². The zero-order valence-corrected chi connectivity index (χ0v) is 28.6. The maximum atomic E-state index is 5.17. The summed E-state index contributed by atoms with van der Waals surface area (Å²) in [4.78, 5) is 5.17. The van der Waals surface area contributed by atoms with Crippen molar-refractivity contribution in [3.63, 3.8) is 0 Å². The zero-order chi connectivity index (χ0) is 24.6. The van der Waals surface area contributed by atoms with Crippen LogP contribution in [0.4, 0.5) is 5.69 Å². The number of nitrogens with zero attached hydrogens (tertiary/aromatic N) is 3. The molecule has 1 aromatic carbocycles. The van der Waals surface area contributed by atoms with Crippen LogP contribution in [0.2, 0.25) is 78.6 Å². The van der Waals surface area contributed by atoms with E-state index in [9.17, 15) is 0 Å². The minimum absolute atomic E-state index is 1.24. The first-order valence-corrected chi connectivity index (χ1v) is 29.5. The standard InChI is InChI=1S/C23H46GeN4Si4/c1-29(2,3)27(30(4,5)6)24(23-20-16-17-21-25-23,26-22-18-14-13-15-19-22)28(31(7,8)9)32(10,11)12/h13-21,26H,1-12H3. The summed E-state index contributed by atoms with van der Waals surface area (Å²) in [5.41, 5.74) is 1.24. The van der Waals surface area contributed by atoms with Gasteiger partial charge in [-0.3, -0.25) is 0 Å². The molecule has 0 radical (unpaired) electrons. The third kappa shape index (κ3) is 6.13. The zero-order valence-electron chi connectivity index (χ0n) is 22.5. The summed E-state index contributed by atoms with van der Waals surface area (Å²) < 4.78 is 11.9. The summed E-state index contributed by atoms with van der Waals surface area (Å²) in [5.74, 6) is 0. The third-order valence-electron chi connectivity index (χ3n) is 5.44. The van der Waals surface area contributed by atoms with E-state index < -0.39 is 46.9 Å². The Balaban J connectivity index is 3.10. The second kappa shape index (κ2) is 9.63. The number of anilines is 1. The van der Waals surface area contributed by atoms with Crippen LogP contribution in [0.3, 0.4) is 0 Å². The topological polar surface area (TPSA) is 31.4 Å². The molecule has 0 saturated heterocycles. The Labute approximate surface area is 205 Å². The molecule has 0 fully saturated rings. The molecule has 178 valence electrons. The molecule has 4 nitrogen and oxygen atoms in total. The molecule has 2 rings (SSSR count). The Kier molecular flexibility index (Phi) is 8.35. The van der Waals surface area contributed by atoms with Crippen LogP contribution < -0.4 is 8.80 Å². The first-order valence-electron chi connectivity index (χ1n) is 11.8. The maximum absolute atomic E-state index is 5.17. The van der Waals surface area contributed by atoms with Gasteiger partial charge in [-0.2, -0.15) is 0 Å². The SMILES string of the molecule is C[Si](C)(C)[N]([Si](C)(C)C)[Ge]([NH]c1ccccc1)([c]1ccccn1)[N]([Si](C)(C)C)[Si](C)(C)C. The molecule has 2 aromatic rings. The third-order valence-corrected chi connectivity index (χ3v) is 48.6. The molecule has 32 heavy (non-hydrogen) atoms. The summed E-state index contributed by atoms with van der Waals surface area (Å²) in [6.07, 6.45) is 2.02. The number of nitrogens with one attached hydrogen (secondary N) is 1. The first-order chi connectivity index (χ1) is 14.4. The van der Waals surface area contributed by atoms with Crippen LogP contribution in [0, 0.1) is 0 Å². The predicted molar refractivity (Wildman–Crippen MR) is 157 cm³/mol. The van der Waals surface area contributed by atoms with Crippen LogP contribution in [0.5, 0.6) is 0 Å². The van der Waals surface area contributed by atoms with Crippen LogP contribution >= 0.6 is 0 Å². The molecule has 0 aliphatic rings. The van der Waals surface area contributed by atoms with Crippen molar-refractivity contribution in [1.82, 2.24) is 11.4 Å². The van der Waals surface area contributed by atoms with Gasteiger partial charge in [0.2, 0.25) is 0 Å². The molecule has 1 heterocycles. The normalized spacial score (nSPS) is 14.2. The molecule has 0 unspecified atom stereocenters. The van der Waals surface area contributed by atoms with Crippen LogP contribution in [0.15, 0.2) is 54.7 Å². The summed E-state index contributed by atoms with van der Waals surface area (Å²) in [5, 5.41) is 0. The molecule has 1 N–H and O–H groups in total. The van der Waals surface area contributed by atoms with Crippen LogP contribution in [0.25, 0.3) is 0 Å². The number of para-hydroxylation sites is 1. The molecular formula is C23H46GeN4Si4. The van der Waals surface area contributed by atoms with Crippen molar-refractivity contribution in [3.05, 3.63) is 54.7 Å². The number of pyridine rings is 1. The monoisotopic (exact) mass is 564 g/mol. The van der Waals surface area contributed by atoms with Crippen molar-refractivity contribution >= 4 is 57.1 Å². The van der Waals surface area contributed by atoms with E-state index in [0.29, 0.717) is 0 Å². The Hall–Kier alpha value is -0.500. The van der Waals surface area contributed by atoms with Gasteiger partial charge < -0.3 is 0 Å². The van der Waals surface area contributed by atoms with Crippen molar-refractivity contribution in [2.24, 2.45) is 0 Å². The van der Waals surface area contributed by atoms with Gasteiger partial charge in [0.05, 0.1) is 0 Å². The van der Waals surface area contributed by atoms with Gasteiger partial charge in [0.1, 0.15) is 0 Å². The van der Waals surface area contributed by atoms with Crippen LogP contribution in [-0.4, -0.2) is 58.2 Å². The molecule has 1 aromatic heterocycles. The van der Waals surface area contributed by atoms with Gasteiger partial charge in [0, 0.05) is 0 Å². The minimum atomic E-state index is -3.42. The fraction of sp³-hybridized carbons (Fsp3) is 0.522. The molecule has 0 atom stereocenters. The van der Waals surface area contributed by atoms with E-state index in [-0.39, 0.29) is 0 Å². The van der Waals surface area contributed by atoms with Gasteiger partial charge in [-0.1, -0.05) is 0 Å². The second-order valence-electron chi connectivity index (χ2n) is 12.7. The number of hydrogen-bond acceptors (Lipinski definition) is 4. The van der Waals surface area contributed by atoms with E-state index >= 15 is 0 Å². The van der Waals surface area contributed by atoms with Gasteiger partial charge in [-0.25, -0.2) is 0 Å². The summed E-state index contributed by atoms with van der Waals surface area (Å²) >= 11 is -3.42. The number of rotatable bonds is 9. The van der Waals surface area contributed by atoms with Crippen molar-refractivity contribution in [2.45, 2.75) is 78.6 Å².